The highest BCUT2D eigenvalue weighted by atomic mass is 19.1. The molecule has 208 valence electrons. The van der Waals surface area contributed by atoms with E-state index < -0.39 is 11.6 Å². The van der Waals surface area contributed by atoms with Crippen LogP contribution in [0.15, 0.2) is 36.4 Å². The van der Waals surface area contributed by atoms with Gasteiger partial charge in [0.25, 0.3) is 11.8 Å². The van der Waals surface area contributed by atoms with Crippen LogP contribution in [0, 0.1) is 18.6 Å². The normalized spacial score (nSPS) is 16.4. The number of hydrogen-bond donors (Lipinski definition) is 2. The lowest BCUT2D eigenvalue weighted by Crippen LogP contribution is -2.37. The van der Waals surface area contributed by atoms with Crippen LogP contribution in [0.1, 0.15) is 77.8 Å². The van der Waals surface area contributed by atoms with Crippen molar-refractivity contribution >= 4 is 11.8 Å². The van der Waals surface area contributed by atoms with E-state index in [0.717, 1.165) is 50.4 Å². The molecule has 2 aromatic rings. The third-order valence-corrected chi connectivity index (χ3v) is 6.87. The Hall–Kier alpha value is -2.84. The third-order valence-electron chi connectivity index (χ3n) is 6.87. The molecule has 2 N–H and O–H groups in total. The van der Waals surface area contributed by atoms with Crippen molar-refractivity contribution in [2.45, 2.75) is 71.4 Å². The van der Waals surface area contributed by atoms with Crippen molar-refractivity contribution in [3.63, 3.8) is 0 Å². The highest BCUT2D eigenvalue weighted by Gasteiger charge is 2.22. The van der Waals surface area contributed by atoms with Crippen LogP contribution in [-0.4, -0.2) is 71.6 Å². The van der Waals surface area contributed by atoms with Crippen LogP contribution in [0.5, 0.6) is 0 Å². The zero-order chi connectivity index (χ0) is 27.7. The minimum absolute atomic E-state index is 0.0916. The maximum atomic E-state index is 13.8. The number of aliphatic hydroxyl groups is 1. The van der Waals surface area contributed by atoms with Crippen LogP contribution in [0.25, 0.3) is 0 Å². The van der Waals surface area contributed by atoms with Gasteiger partial charge in [0.05, 0.1) is 6.10 Å². The molecule has 38 heavy (non-hydrogen) atoms. The summed E-state index contributed by atoms with van der Waals surface area (Å²) in [4.78, 5) is 30.5. The molecule has 2 aromatic carbocycles. The number of nitrogens with zero attached hydrogens (tertiary/aromatic N) is 2. The SMILES string of the molecule is CCCN(CCC)C(=O)c1cc(C)cc(C(=O)N[C@H](CCCN2CC[C@@H](O)C2)Cc2cc(F)cc(F)c2)c1. The van der Waals surface area contributed by atoms with Crippen LogP contribution in [0.4, 0.5) is 8.78 Å². The maximum Gasteiger partial charge on any atom is 0.253 e. The largest absolute Gasteiger partial charge is 0.392 e. The number of benzene rings is 2. The standard InChI is InChI=1S/C30H41F2N3O3/c1-4-9-35(10-5-2)30(38)24-14-21(3)13-23(18-24)29(37)33-27(7-6-11-34-12-8-28(36)20-34)17-22-15-25(31)19-26(32)16-22/h13-16,18-19,27-28,36H,4-12,17,20H2,1-3H3,(H,33,37)/t27-,28-/m1/s1. The Kier molecular flexibility index (Phi) is 11.2. The minimum atomic E-state index is -0.651. The van der Waals surface area contributed by atoms with E-state index in [4.69, 9.17) is 0 Å². The fourth-order valence-corrected chi connectivity index (χ4v) is 5.16. The Balaban J connectivity index is 1.75. The summed E-state index contributed by atoms with van der Waals surface area (Å²) in [5, 5.41) is 12.8. The molecule has 0 aliphatic carbocycles. The van der Waals surface area contributed by atoms with Crippen LogP contribution in [0.2, 0.25) is 0 Å². The number of likely N-dealkylation sites (tertiary alicyclic amines) is 1. The fourth-order valence-electron chi connectivity index (χ4n) is 5.16. The molecule has 8 heteroatoms. The number of nitrogens with one attached hydrogen (secondary N) is 1. The Morgan fingerprint density at radius 2 is 1.71 bits per heavy atom. The maximum absolute atomic E-state index is 13.8. The molecule has 1 aliphatic rings. The van der Waals surface area contributed by atoms with Crippen molar-refractivity contribution in [2.75, 3.05) is 32.7 Å². The molecular formula is C30H41F2N3O3. The van der Waals surface area contributed by atoms with Crippen molar-refractivity contribution in [1.29, 1.82) is 0 Å². The second-order valence-corrected chi connectivity index (χ2v) is 10.4. The Morgan fingerprint density at radius 1 is 1.05 bits per heavy atom. The van der Waals surface area contributed by atoms with Gasteiger partial charge in [-0.2, -0.15) is 0 Å². The zero-order valence-electron chi connectivity index (χ0n) is 22.8. The van der Waals surface area contributed by atoms with Crippen LogP contribution in [0.3, 0.4) is 0 Å². The highest BCUT2D eigenvalue weighted by Crippen LogP contribution is 2.17. The predicted molar refractivity (Wildman–Crippen MR) is 145 cm³/mol. The quantitative estimate of drug-likeness (QED) is 0.394. The number of amides is 2. The van der Waals surface area contributed by atoms with Crippen LogP contribution < -0.4 is 5.32 Å². The number of hydrogen-bond acceptors (Lipinski definition) is 4. The van der Waals surface area contributed by atoms with Gasteiger partial charge in [-0.3, -0.25) is 9.59 Å². The van der Waals surface area contributed by atoms with E-state index in [1.54, 1.807) is 18.2 Å². The van der Waals surface area contributed by atoms with Crippen molar-refractivity contribution in [3.05, 3.63) is 70.3 Å². The summed E-state index contributed by atoms with van der Waals surface area (Å²) < 4.78 is 27.7. The molecular weight excluding hydrogens is 488 g/mol. The summed E-state index contributed by atoms with van der Waals surface area (Å²) in [7, 11) is 0. The average Bonchev–Trinajstić information content (AvgIpc) is 3.27. The van der Waals surface area contributed by atoms with E-state index in [2.05, 4.69) is 10.2 Å². The van der Waals surface area contributed by atoms with Gasteiger partial charge in [0.15, 0.2) is 0 Å². The van der Waals surface area contributed by atoms with E-state index in [9.17, 15) is 23.5 Å². The van der Waals surface area contributed by atoms with Crippen LogP contribution >= 0.6 is 0 Å². The molecule has 1 fully saturated rings. The first kappa shape index (κ1) is 29.7. The van der Waals surface area contributed by atoms with Crippen molar-refractivity contribution < 1.29 is 23.5 Å². The number of aliphatic hydroxyl groups excluding tert-OH is 1. The Morgan fingerprint density at radius 3 is 2.32 bits per heavy atom. The predicted octanol–water partition coefficient (Wildman–Crippen LogP) is 4.72. The number of halogens is 2. The van der Waals surface area contributed by atoms with Gasteiger partial charge >= 0.3 is 0 Å². The molecule has 1 heterocycles. The molecule has 2 amide bonds. The summed E-state index contributed by atoms with van der Waals surface area (Å²) in [5.74, 6) is -1.71. The molecule has 6 nitrogen and oxygen atoms in total. The van der Waals surface area contributed by atoms with Crippen molar-refractivity contribution in [3.8, 4) is 0 Å². The number of rotatable bonds is 13. The van der Waals surface area contributed by atoms with Gasteiger partial charge < -0.3 is 20.2 Å². The van der Waals surface area contributed by atoms with E-state index in [1.807, 2.05) is 25.7 Å². The van der Waals surface area contributed by atoms with Gasteiger partial charge in [-0.15, -0.1) is 0 Å². The number of carbonyl (C=O) groups is 2. The zero-order valence-corrected chi connectivity index (χ0v) is 22.8. The van der Waals surface area contributed by atoms with Gasteiger partial charge in [0, 0.05) is 49.4 Å². The Labute approximate surface area is 225 Å². The lowest BCUT2D eigenvalue weighted by molar-refractivity contribution is 0.0755. The number of carbonyl (C=O) groups excluding carboxylic acids is 2. The van der Waals surface area contributed by atoms with Crippen molar-refractivity contribution in [2.24, 2.45) is 0 Å². The summed E-state index contributed by atoms with van der Waals surface area (Å²) in [6, 6.07) is 8.24. The molecule has 1 aliphatic heterocycles. The van der Waals surface area contributed by atoms with Crippen LogP contribution in [-0.2, 0) is 6.42 Å². The second-order valence-electron chi connectivity index (χ2n) is 10.4. The number of β-amino-alcohol motifs (C(OH)–C–C–N with tert-alkyl or cyclic N) is 1. The van der Waals surface area contributed by atoms with Gasteiger partial charge in [-0.05, 0) is 93.5 Å². The van der Waals surface area contributed by atoms with Gasteiger partial charge in [0.1, 0.15) is 11.6 Å². The highest BCUT2D eigenvalue weighted by molar-refractivity contribution is 6.00. The van der Waals surface area contributed by atoms with Gasteiger partial charge in [-0.25, -0.2) is 8.78 Å². The van der Waals surface area contributed by atoms with Crippen molar-refractivity contribution in [1.82, 2.24) is 15.1 Å². The van der Waals surface area contributed by atoms with E-state index in [-0.39, 0.29) is 30.4 Å². The van der Waals surface area contributed by atoms with E-state index in [0.29, 0.717) is 42.7 Å². The minimum Gasteiger partial charge on any atom is -0.392 e. The molecule has 0 saturated carbocycles. The molecule has 0 bridgehead atoms. The summed E-state index contributed by atoms with van der Waals surface area (Å²) in [6.07, 6.45) is 3.80. The lowest BCUT2D eigenvalue weighted by Gasteiger charge is -2.23. The topological polar surface area (TPSA) is 72.9 Å². The van der Waals surface area contributed by atoms with E-state index >= 15 is 0 Å². The fraction of sp³-hybridized carbons (Fsp3) is 0.533. The molecule has 0 unspecified atom stereocenters. The summed E-state index contributed by atoms with van der Waals surface area (Å²) in [5.41, 5.74) is 2.15. The first-order chi connectivity index (χ1) is 18.2. The van der Waals surface area contributed by atoms with Gasteiger partial charge in [-0.1, -0.05) is 13.8 Å². The molecule has 1 saturated heterocycles. The second kappa shape index (κ2) is 14.4. The summed E-state index contributed by atoms with van der Waals surface area (Å²) >= 11 is 0. The molecule has 0 spiro atoms. The molecule has 2 atom stereocenters. The van der Waals surface area contributed by atoms with E-state index in [1.165, 1.54) is 12.1 Å². The smallest absolute Gasteiger partial charge is 0.253 e. The number of aryl methyl sites for hydroxylation is 1. The van der Waals surface area contributed by atoms with Gasteiger partial charge in [0.2, 0.25) is 0 Å². The first-order valence-electron chi connectivity index (χ1n) is 13.8. The molecule has 0 aromatic heterocycles. The first-order valence-corrected chi connectivity index (χ1v) is 13.8. The molecule has 3 rings (SSSR count). The third kappa shape index (κ3) is 8.88. The summed E-state index contributed by atoms with van der Waals surface area (Å²) in [6.45, 7) is 9.47. The monoisotopic (exact) mass is 529 g/mol. The average molecular weight is 530 g/mol. The lowest BCUT2D eigenvalue weighted by atomic mass is 9.99. The Bertz CT molecular complexity index is 1070. The molecule has 0 radical (unpaired) electrons.